The van der Waals surface area contributed by atoms with Crippen molar-refractivity contribution in [2.24, 2.45) is 0 Å². The maximum absolute atomic E-state index is 12.2. The number of hydrogen-bond donors (Lipinski definition) is 3. The van der Waals surface area contributed by atoms with Crippen LogP contribution in [0.1, 0.15) is 17.2 Å². The first-order valence-electron chi connectivity index (χ1n) is 8.06. The van der Waals surface area contributed by atoms with E-state index in [2.05, 4.69) is 10.6 Å². The quantitative estimate of drug-likeness (QED) is 0.629. The molecule has 0 bridgehead atoms. The molecule has 128 valence electrons. The zero-order chi connectivity index (χ0) is 17.6. The number of carbonyl (C=O) groups excluding carboxylic acids is 1. The minimum absolute atomic E-state index is 0.149. The third kappa shape index (κ3) is 4.47. The molecule has 3 rings (SSSR count). The fourth-order valence-corrected chi connectivity index (χ4v) is 3.27. The Bertz CT molecular complexity index is 829. The van der Waals surface area contributed by atoms with E-state index in [4.69, 9.17) is 0 Å². The van der Waals surface area contributed by atoms with E-state index in [1.165, 1.54) is 0 Å². The fourth-order valence-electron chi connectivity index (χ4n) is 2.50. The van der Waals surface area contributed by atoms with E-state index >= 15 is 0 Å². The van der Waals surface area contributed by atoms with Gasteiger partial charge in [0.15, 0.2) is 0 Å². The van der Waals surface area contributed by atoms with Crippen LogP contribution in [-0.4, -0.2) is 17.7 Å². The van der Waals surface area contributed by atoms with Gasteiger partial charge in [-0.3, -0.25) is 0 Å². The number of aliphatic hydroxyl groups is 1. The van der Waals surface area contributed by atoms with E-state index in [1.807, 2.05) is 73.0 Å². The molecule has 3 N–H and O–H groups in total. The molecule has 0 radical (unpaired) electrons. The molecule has 0 fully saturated rings. The Kier molecular flexibility index (Phi) is 5.48. The van der Waals surface area contributed by atoms with Gasteiger partial charge in [-0.05, 0) is 30.0 Å². The van der Waals surface area contributed by atoms with Gasteiger partial charge in [-0.1, -0.05) is 54.1 Å². The number of carbonyl (C=O) groups is 1. The molecule has 4 nitrogen and oxygen atoms in total. The van der Waals surface area contributed by atoms with Crippen LogP contribution in [0.15, 0.2) is 66.0 Å². The molecule has 1 atom stereocenters. The summed E-state index contributed by atoms with van der Waals surface area (Å²) in [4.78, 5) is 13.3. The topological polar surface area (TPSA) is 61.4 Å². The predicted molar refractivity (Wildman–Crippen MR) is 103 cm³/mol. The summed E-state index contributed by atoms with van der Waals surface area (Å²) in [7, 11) is 0. The molecular formula is C20H20N2O2S. The Balaban J connectivity index is 1.61. The third-order valence-corrected chi connectivity index (χ3v) is 4.78. The molecule has 1 heterocycles. The molecule has 5 heteroatoms. The molecule has 3 aromatic rings. The number of rotatable bonds is 5. The van der Waals surface area contributed by atoms with Crippen molar-refractivity contribution in [1.82, 2.24) is 5.32 Å². The van der Waals surface area contributed by atoms with Crippen LogP contribution in [0.3, 0.4) is 0 Å². The molecule has 0 aliphatic heterocycles. The number of anilines is 1. The van der Waals surface area contributed by atoms with Gasteiger partial charge in [0.25, 0.3) is 0 Å². The summed E-state index contributed by atoms with van der Waals surface area (Å²) in [6.45, 7) is 2.14. The lowest BCUT2D eigenvalue weighted by molar-refractivity contribution is 0.175. The lowest BCUT2D eigenvalue weighted by Gasteiger charge is -2.14. The highest BCUT2D eigenvalue weighted by Crippen LogP contribution is 2.31. The third-order valence-electron chi connectivity index (χ3n) is 3.88. The number of urea groups is 1. The minimum Gasteiger partial charge on any atom is -0.387 e. The summed E-state index contributed by atoms with van der Waals surface area (Å²) in [6.07, 6.45) is -0.737. The van der Waals surface area contributed by atoms with Crippen LogP contribution in [-0.2, 0) is 0 Å². The fraction of sp³-hybridized carbons (Fsp3) is 0.150. The van der Waals surface area contributed by atoms with Gasteiger partial charge in [-0.25, -0.2) is 4.79 Å². The summed E-state index contributed by atoms with van der Waals surface area (Å²) in [5.41, 5.74) is 3.63. The standard InChI is InChI=1S/C20H20N2O2S/c1-14-8-10-15(11-9-14)18(23)13-21-20(24)22-17-6-3-2-5-16(17)19-7-4-12-25-19/h2-12,18,23H,13H2,1H3,(H2,21,22,24). The van der Waals surface area contributed by atoms with E-state index in [9.17, 15) is 9.90 Å². The van der Waals surface area contributed by atoms with Crippen molar-refractivity contribution < 1.29 is 9.90 Å². The van der Waals surface area contributed by atoms with Crippen molar-refractivity contribution in [2.75, 3.05) is 11.9 Å². The van der Waals surface area contributed by atoms with Crippen LogP contribution in [0, 0.1) is 6.92 Å². The van der Waals surface area contributed by atoms with E-state index in [-0.39, 0.29) is 12.6 Å². The summed E-state index contributed by atoms with van der Waals surface area (Å²) < 4.78 is 0. The Labute approximate surface area is 151 Å². The molecule has 0 saturated heterocycles. The van der Waals surface area contributed by atoms with Crippen LogP contribution < -0.4 is 10.6 Å². The Hall–Kier alpha value is -2.63. The maximum Gasteiger partial charge on any atom is 0.319 e. The summed E-state index contributed by atoms with van der Waals surface area (Å²) in [5, 5.41) is 17.8. The average molecular weight is 352 g/mol. The maximum atomic E-state index is 12.2. The molecule has 1 unspecified atom stereocenters. The van der Waals surface area contributed by atoms with Gasteiger partial charge in [0.05, 0.1) is 11.8 Å². The molecular weight excluding hydrogens is 332 g/mol. The van der Waals surface area contributed by atoms with Crippen LogP contribution in [0.5, 0.6) is 0 Å². The first kappa shape index (κ1) is 17.2. The van der Waals surface area contributed by atoms with Gasteiger partial charge in [0.2, 0.25) is 0 Å². The normalized spacial score (nSPS) is 11.8. The second kappa shape index (κ2) is 7.96. The highest BCUT2D eigenvalue weighted by atomic mass is 32.1. The number of hydrogen-bond acceptors (Lipinski definition) is 3. The second-order valence-electron chi connectivity index (χ2n) is 5.78. The Morgan fingerprint density at radius 2 is 1.84 bits per heavy atom. The molecule has 0 saturated carbocycles. The van der Waals surface area contributed by atoms with Crippen molar-refractivity contribution in [3.8, 4) is 10.4 Å². The zero-order valence-corrected chi connectivity index (χ0v) is 14.7. The van der Waals surface area contributed by atoms with Crippen LogP contribution in [0.2, 0.25) is 0 Å². The number of nitrogens with one attached hydrogen (secondary N) is 2. The van der Waals surface area contributed by atoms with Gasteiger partial charge in [0.1, 0.15) is 0 Å². The van der Waals surface area contributed by atoms with Crippen molar-refractivity contribution in [2.45, 2.75) is 13.0 Å². The summed E-state index contributed by atoms with van der Waals surface area (Å²) >= 11 is 1.62. The highest BCUT2D eigenvalue weighted by molar-refractivity contribution is 7.13. The van der Waals surface area contributed by atoms with E-state index in [1.54, 1.807) is 11.3 Å². The molecule has 0 aliphatic carbocycles. The minimum atomic E-state index is -0.737. The smallest absolute Gasteiger partial charge is 0.319 e. The van der Waals surface area contributed by atoms with Gasteiger partial charge in [0, 0.05) is 17.0 Å². The van der Waals surface area contributed by atoms with Crippen molar-refractivity contribution in [1.29, 1.82) is 0 Å². The predicted octanol–water partition coefficient (Wildman–Crippen LogP) is 4.58. The van der Waals surface area contributed by atoms with Crippen LogP contribution >= 0.6 is 11.3 Å². The first-order chi connectivity index (χ1) is 12.1. The largest absolute Gasteiger partial charge is 0.387 e. The van der Waals surface area contributed by atoms with Crippen molar-refractivity contribution >= 4 is 23.1 Å². The molecule has 2 amide bonds. The number of para-hydroxylation sites is 1. The molecule has 25 heavy (non-hydrogen) atoms. The van der Waals surface area contributed by atoms with Gasteiger partial charge in [-0.2, -0.15) is 0 Å². The molecule has 2 aromatic carbocycles. The van der Waals surface area contributed by atoms with Gasteiger partial charge < -0.3 is 15.7 Å². The molecule has 0 spiro atoms. The number of aryl methyl sites for hydroxylation is 1. The van der Waals surface area contributed by atoms with Crippen LogP contribution in [0.25, 0.3) is 10.4 Å². The second-order valence-corrected chi connectivity index (χ2v) is 6.73. The summed E-state index contributed by atoms with van der Waals surface area (Å²) in [5.74, 6) is 0. The number of aliphatic hydroxyl groups excluding tert-OH is 1. The first-order valence-corrected chi connectivity index (χ1v) is 8.94. The van der Waals surface area contributed by atoms with E-state index in [0.29, 0.717) is 0 Å². The molecule has 0 aliphatic rings. The van der Waals surface area contributed by atoms with Crippen molar-refractivity contribution in [3.63, 3.8) is 0 Å². The number of benzene rings is 2. The number of amides is 2. The Morgan fingerprint density at radius 1 is 1.08 bits per heavy atom. The summed E-state index contributed by atoms with van der Waals surface area (Å²) in [6, 6.07) is 18.9. The Morgan fingerprint density at radius 3 is 2.56 bits per heavy atom. The lowest BCUT2D eigenvalue weighted by atomic mass is 10.1. The lowest BCUT2D eigenvalue weighted by Crippen LogP contribution is -2.32. The molecule has 1 aromatic heterocycles. The van der Waals surface area contributed by atoms with Gasteiger partial charge in [-0.15, -0.1) is 11.3 Å². The van der Waals surface area contributed by atoms with Gasteiger partial charge >= 0.3 is 6.03 Å². The number of thiophene rings is 1. The van der Waals surface area contributed by atoms with Crippen molar-refractivity contribution in [3.05, 3.63) is 77.2 Å². The van der Waals surface area contributed by atoms with E-state index in [0.717, 1.165) is 27.3 Å². The van der Waals surface area contributed by atoms with Crippen LogP contribution in [0.4, 0.5) is 10.5 Å². The monoisotopic (exact) mass is 352 g/mol. The average Bonchev–Trinajstić information content (AvgIpc) is 3.15. The highest BCUT2D eigenvalue weighted by Gasteiger charge is 2.11. The zero-order valence-electron chi connectivity index (χ0n) is 13.9. The SMILES string of the molecule is Cc1ccc(C(O)CNC(=O)Nc2ccccc2-c2cccs2)cc1. The van der Waals surface area contributed by atoms with E-state index < -0.39 is 6.10 Å².